The van der Waals surface area contributed by atoms with Gasteiger partial charge in [-0.15, -0.1) is 0 Å². The van der Waals surface area contributed by atoms with Crippen molar-refractivity contribution in [1.82, 2.24) is 9.62 Å². The SMILES string of the molecule is COc1ccc(S(=O)(=O)NC2CCN(Cc3ccccc3C)CC2)cc1Br. The Labute approximate surface area is 169 Å². The number of nitrogens with zero attached hydrogens (tertiary/aromatic N) is 1. The van der Waals surface area contributed by atoms with Crippen LogP contribution >= 0.6 is 15.9 Å². The molecule has 0 atom stereocenters. The van der Waals surface area contributed by atoms with Gasteiger partial charge in [-0.2, -0.15) is 0 Å². The molecule has 0 saturated carbocycles. The van der Waals surface area contributed by atoms with Gasteiger partial charge in [-0.05, 0) is 65.0 Å². The van der Waals surface area contributed by atoms with Gasteiger partial charge in [0.05, 0.1) is 16.5 Å². The molecule has 0 radical (unpaired) electrons. The summed E-state index contributed by atoms with van der Waals surface area (Å²) in [6.45, 7) is 4.81. The molecule has 0 aromatic heterocycles. The van der Waals surface area contributed by atoms with E-state index in [-0.39, 0.29) is 10.9 Å². The normalized spacial score (nSPS) is 16.4. The van der Waals surface area contributed by atoms with E-state index in [1.54, 1.807) is 25.3 Å². The molecule has 1 aliphatic rings. The third kappa shape index (κ3) is 5.10. The average Bonchev–Trinajstić information content (AvgIpc) is 2.65. The zero-order valence-corrected chi connectivity index (χ0v) is 18.0. The number of nitrogens with one attached hydrogen (secondary N) is 1. The highest BCUT2D eigenvalue weighted by Gasteiger charge is 2.25. The Bertz CT molecular complexity index is 894. The number of hydrogen-bond acceptors (Lipinski definition) is 4. The molecule has 0 bridgehead atoms. The lowest BCUT2D eigenvalue weighted by Gasteiger charge is -2.32. The van der Waals surface area contributed by atoms with Crippen LogP contribution in [0.25, 0.3) is 0 Å². The average molecular weight is 453 g/mol. The second-order valence-corrected chi connectivity index (χ2v) is 9.46. The fourth-order valence-corrected chi connectivity index (χ4v) is 5.36. The summed E-state index contributed by atoms with van der Waals surface area (Å²) in [5.74, 6) is 0.610. The van der Waals surface area contributed by atoms with E-state index in [0.717, 1.165) is 32.5 Å². The molecule has 27 heavy (non-hydrogen) atoms. The first-order chi connectivity index (χ1) is 12.9. The van der Waals surface area contributed by atoms with Gasteiger partial charge in [0.2, 0.25) is 10.0 Å². The number of halogens is 1. The minimum absolute atomic E-state index is 0.0380. The van der Waals surface area contributed by atoms with Gasteiger partial charge in [-0.1, -0.05) is 24.3 Å². The summed E-state index contributed by atoms with van der Waals surface area (Å²) in [6, 6.07) is 13.2. The van der Waals surface area contributed by atoms with E-state index < -0.39 is 10.0 Å². The van der Waals surface area contributed by atoms with Crippen molar-refractivity contribution in [2.75, 3.05) is 20.2 Å². The van der Waals surface area contributed by atoms with Crippen LogP contribution in [0.5, 0.6) is 5.75 Å². The molecule has 146 valence electrons. The molecule has 1 saturated heterocycles. The highest BCUT2D eigenvalue weighted by atomic mass is 79.9. The molecule has 2 aromatic rings. The second kappa shape index (κ2) is 8.73. The summed E-state index contributed by atoms with van der Waals surface area (Å²) >= 11 is 3.35. The molecule has 3 rings (SSSR count). The van der Waals surface area contributed by atoms with Crippen LogP contribution in [0.2, 0.25) is 0 Å². The van der Waals surface area contributed by atoms with Gasteiger partial charge in [0.1, 0.15) is 5.75 Å². The number of methoxy groups -OCH3 is 1. The zero-order chi connectivity index (χ0) is 19.4. The van der Waals surface area contributed by atoms with E-state index >= 15 is 0 Å². The van der Waals surface area contributed by atoms with Gasteiger partial charge >= 0.3 is 0 Å². The van der Waals surface area contributed by atoms with E-state index in [2.05, 4.69) is 56.7 Å². The maximum atomic E-state index is 12.7. The molecule has 1 fully saturated rings. The molecule has 2 aromatic carbocycles. The minimum atomic E-state index is -3.54. The van der Waals surface area contributed by atoms with Crippen LogP contribution < -0.4 is 9.46 Å². The van der Waals surface area contributed by atoms with Crippen LogP contribution in [-0.2, 0) is 16.6 Å². The first-order valence-corrected chi connectivity index (χ1v) is 11.3. The predicted octanol–water partition coefficient (Wildman–Crippen LogP) is 3.71. The van der Waals surface area contributed by atoms with Crippen molar-refractivity contribution in [2.24, 2.45) is 0 Å². The van der Waals surface area contributed by atoms with E-state index in [4.69, 9.17) is 4.74 Å². The molecule has 1 aliphatic heterocycles. The Hall–Kier alpha value is -1.41. The number of hydrogen-bond donors (Lipinski definition) is 1. The highest BCUT2D eigenvalue weighted by molar-refractivity contribution is 9.10. The molecule has 0 spiro atoms. The third-order valence-electron chi connectivity index (χ3n) is 5.00. The highest BCUT2D eigenvalue weighted by Crippen LogP contribution is 2.28. The van der Waals surface area contributed by atoms with E-state index in [1.807, 2.05) is 0 Å². The molecule has 0 amide bonds. The smallest absolute Gasteiger partial charge is 0.240 e. The number of sulfonamides is 1. The fourth-order valence-electron chi connectivity index (χ4n) is 3.34. The van der Waals surface area contributed by atoms with Gasteiger partial charge in [0, 0.05) is 25.7 Å². The van der Waals surface area contributed by atoms with Gasteiger partial charge < -0.3 is 4.74 Å². The number of piperidine rings is 1. The van der Waals surface area contributed by atoms with Crippen LogP contribution in [0.4, 0.5) is 0 Å². The quantitative estimate of drug-likeness (QED) is 0.725. The Morgan fingerprint density at radius 2 is 1.89 bits per heavy atom. The molecule has 7 heteroatoms. The third-order valence-corrected chi connectivity index (χ3v) is 7.14. The first kappa shape index (κ1) is 20.3. The van der Waals surface area contributed by atoms with E-state index in [9.17, 15) is 8.42 Å². The van der Waals surface area contributed by atoms with Crippen molar-refractivity contribution in [1.29, 1.82) is 0 Å². The van der Waals surface area contributed by atoms with Crippen molar-refractivity contribution in [3.05, 3.63) is 58.1 Å². The summed E-state index contributed by atoms with van der Waals surface area (Å²) in [4.78, 5) is 2.63. The lowest BCUT2D eigenvalue weighted by molar-refractivity contribution is 0.199. The van der Waals surface area contributed by atoms with Crippen molar-refractivity contribution in [2.45, 2.75) is 37.2 Å². The second-order valence-electron chi connectivity index (χ2n) is 6.89. The van der Waals surface area contributed by atoms with Crippen LogP contribution in [0.1, 0.15) is 24.0 Å². The lowest BCUT2D eigenvalue weighted by Crippen LogP contribution is -2.44. The number of ether oxygens (including phenoxy) is 1. The summed E-state index contributed by atoms with van der Waals surface area (Å²) < 4.78 is 34.0. The summed E-state index contributed by atoms with van der Waals surface area (Å²) in [5.41, 5.74) is 2.63. The molecular weight excluding hydrogens is 428 g/mol. The van der Waals surface area contributed by atoms with Crippen LogP contribution in [0, 0.1) is 6.92 Å². The van der Waals surface area contributed by atoms with Gasteiger partial charge in [0.15, 0.2) is 0 Å². The molecule has 1 N–H and O–H groups in total. The van der Waals surface area contributed by atoms with Crippen LogP contribution in [-0.4, -0.2) is 39.6 Å². The molecule has 1 heterocycles. The Morgan fingerprint density at radius 1 is 1.19 bits per heavy atom. The number of aryl methyl sites for hydroxylation is 1. The van der Waals surface area contributed by atoms with Crippen molar-refractivity contribution >= 4 is 26.0 Å². The number of benzene rings is 2. The van der Waals surface area contributed by atoms with Gasteiger partial charge in [-0.3, -0.25) is 4.90 Å². The molecule has 0 aliphatic carbocycles. The molecular formula is C20H25BrN2O3S. The summed E-state index contributed by atoms with van der Waals surface area (Å²) in [5, 5.41) is 0. The van der Waals surface area contributed by atoms with Crippen LogP contribution in [0.15, 0.2) is 51.8 Å². The van der Waals surface area contributed by atoms with Crippen molar-refractivity contribution < 1.29 is 13.2 Å². The predicted molar refractivity (Wildman–Crippen MR) is 110 cm³/mol. The molecule has 5 nitrogen and oxygen atoms in total. The van der Waals surface area contributed by atoms with E-state index in [0.29, 0.717) is 10.2 Å². The standard InChI is InChI=1S/C20H25BrN2O3S/c1-15-5-3-4-6-16(15)14-23-11-9-17(10-12-23)22-27(24,25)18-7-8-20(26-2)19(21)13-18/h3-8,13,17,22H,9-12,14H2,1-2H3. The van der Waals surface area contributed by atoms with Gasteiger partial charge in [0.25, 0.3) is 0 Å². The fraction of sp³-hybridized carbons (Fsp3) is 0.400. The van der Waals surface area contributed by atoms with Crippen molar-refractivity contribution in [3.63, 3.8) is 0 Å². The molecule has 0 unspecified atom stereocenters. The topological polar surface area (TPSA) is 58.6 Å². The Kier molecular flexibility index (Phi) is 6.57. The monoisotopic (exact) mass is 452 g/mol. The lowest BCUT2D eigenvalue weighted by atomic mass is 10.0. The maximum Gasteiger partial charge on any atom is 0.240 e. The largest absolute Gasteiger partial charge is 0.496 e. The van der Waals surface area contributed by atoms with E-state index in [1.165, 1.54) is 11.1 Å². The Balaban J connectivity index is 1.58. The van der Waals surface area contributed by atoms with Crippen molar-refractivity contribution in [3.8, 4) is 5.75 Å². The summed E-state index contributed by atoms with van der Waals surface area (Å²) in [7, 11) is -1.99. The maximum absolute atomic E-state index is 12.7. The van der Waals surface area contributed by atoms with Crippen LogP contribution in [0.3, 0.4) is 0 Å². The minimum Gasteiger partial charge on any atom is -0.496 e. The first-order valence-electron chi connectivity index (χ1n) is 9.02. The van der Waals surface area contributed by atoms with Gasteiger partial charge in [-0.25, -0.2) is 13.1 Å². The zero-order valence-electron chi connectivity index (χ0n) is 15.6. The summed E-state index contributed by atoms with van der Waals surface area (Å²) in [6.07, 6.45) is 1.62. The Morgan fingerprint density at radius 3 is 2.52 bits per heavy atom. The number of rotatable bonds is 6. The number of likely N-dealkylation sites (tertiary alicyclic amines) is 1.